The van der Waals surface area contributed by atoms with Crippen molar-refractivity contribution in [3.05, 3.63) is 21.9 Å². The van der Waals surface area contributed by atoms with Crippen molar-refractivity contribution >= 4 is 11.3 Å². The lowest BCUT2D eigenvalue weighted by molar-refractivity contribution is 0.169. The lowest BCUT2D eigenvalue weighted by Gasteiger charge is -2.38. The van der Waals surface area contributed by atoms with E-state index in [0.29, 0.717) is 0 Å². The van der Waals surface area contributed by atoms with Gasteiger partial charge in [0.1, 0.15) is 0 Å². The molecule has 0 aliphatic heterocycles. The van der Waals surface area contributed by atoms with Gasteiger partial charge in [-0.1, -0.05) is 34.1 Å². The van der Waals surface area contributed by atoms with Gasteiger partial charge in [-0.25, -0.2) is 0 Å². The van der Waals surface area contributed by atoms with Crippen molar-refractivity contribution < 1.29 is 0 Å². The summed E-state index contributed by atoms with van der Waals surface area (Å²) in [6.45, 7) is 10.5. The van der Waals surface area contributed by atoms with Crippen LogP contribution in [0.4, 0.5) is 0 Å². The molecule has 0 saturated heterocycles. The minimum atomic E-state index is 0.718. The molecule has 0 bridgehead atoms. The summed E-state index contributed by atoms with van der Waals surface area (Å²) in [6, 6.07) is 3.00. The van der Waals surface area contributed by atoms with Gasteiger partial charge in [-0.2, -0.15) is 0 Å². The Bertz CT molecular complexity index is 382. The second-order valence-electron chi connectivity index (χ2n) is 6.54. The Morgan fingerprint density at radius 3 is 2.84 bits per heavy atom. The molecule has 0 aromatic carbocycles. The highest BCUT2D eigenvalue weighted by Gasteiger charge is 2.30. The van der Waals surface area contributed by atoms with E-state index in [4.69, 9.17) is 0 Å². The van der Waals surface area contributed by atoms with Crippen LogP contribution in [0, 0.1) is 17.8 Å². The molecule has 1 fully saturated rings. The molecule has 0 amide bonds. The van der Waals surface area contributed by atoms with E-state index in [2.05, 4.69) is 44.5 Å². The lowest BCUT2D eigenvalue weighted by atomic mass is 9.74. The zero-order chi connectivity index (χ0) is 13.8. The zero-order valence-corrected chi connectivity index (χ0v) is 13.7. The van der Waals surface area contributed by atoms with Crippen LogP contribution in [0.25, 0.3) is 0 Å². The highest BCUT2D eigenvalue weighted by molar-refractivity contribution is 7.10. The quantitative estimate of drug-likeness (QED) is 0.811. The van der Waals surface area contributed by atoms with Gasteiger partial charge in [0, 0.05) is 17.5 Å². The van der Waals surface area contributed by atoms with Crippen LogP contribution >= 0.6 is 11.3 Å². The molecule has 1 heterocycles. The summed E-state index contributed by atoms with van der Waals surface area (Å²) in [5.74, 6) is 2.56. The first-order valence-electron chi connectivity index (χ1n) is 7.90. The number of aryl methyl sites for hydroxylation is 1. The minimum absolute atomic E-state index is 0.718. The highest BCUT2D eigenvalue weighted by Crippen LogP contribution is 2.33. The molecule has 1 aliphatic carbocycles. The molecule has 19 heavy (non-hydrogen) atoms. The first-order chi connectivity index (χ1) is 9.11. The number of hydrogen-bond acceptors (Lipinski definition) is 2. The molecule has 3 unspecified atom stereocenters. The number of thiophene rings is 1. The first kappa shape index (κ1) is 15.1. The van der Waals surface area contributed by atoms with Crippen molar-refractivity contribution in [2.45, 2.75) is 66.0 Å². The van der Waals surface area contributed by atoms with Crippen LogP contribution < -0.4 is 5.32 Å². The minimum Gasteiger partial charge on any atom is -0.309 e. The summed E-state index contributed by atoms with van der Waals surface area (Å²) in [4.78, 5) is 1.54. The van der Waals surface area contributed by atoms with Gasteiger partial charge < -0.3 is 5.32 Å². The molecular formula is C17H29NS. The van der Waals surface area contributed by atoms with E-state index in [-0.39, 0.29) is 0 Å². The van der Waals surface area contributed by atoms with Crippen molar-refractivity contribution in [1.82, 2.24) is 5.32 Å². The maximum absolute atomic E-state index is 3.87. The smallest absolute Gasteiger partial charge is 0.0305 e. The molecule has 3 atom stereocenters. The fraction of sp³-hybridized carbons (Fsp3) is 0.765. The summed E-state index contributed by atoms with van der Waals surface area (Å²) in [6.07, 6.45) is 5.34. The Morgan fingerprint density at radius 2 is 2.16 bits per heavy atom. The molecule has 1 aliphatic rings. The van der Waals surface area contributed by atoms with Gasteiger partial charge in [0.05, 0.1) is 0 Å². The summed E-state index contributed by atoms with van der Waals surface area (Å²) < 4.78 is 0. The second-order valence-corrected chi connectivity index (χ2v) is 7.54. The monoisotopic (exact) mass is 279 g/mol. The van der Waals surface area contributed by atoms with Crippen molar-refractivity contribution in [2.75, 3.05) is 0 Å². The van der Waals surface area contributed by atoms with Crippen molar-refractivity contribution in [3.63, 3.8) is 0 Å². The zero-order valence-electron chi connectivity index (χ0n) is 12.9. The predicted molar refractivity (Wildman–Crippen MR) is 85.7 cm³/mol. The van der Waals surface area contributed by atoms with Crippen LogP contribution in [0.3, 0.4) is 0 Å². The number of nitrogens with one attached hydrogen (secondary N) is 1. The maximum atomic E-state index is 3.87. The first-order valence-corrected chi connectivity index (χ1v) is 8.78. The van der Waals surface area contributed by atoms with Gasteiger partial charge >= 0.3 is 0 Å². The van der Waals surface area contributed by atoms with E-state index in [0.717, 1.165) is 36.8 Å². The number of hydrogen-bond donors (Lipinski definition) is 1. The Hall–Kier alpha value is -0.340. The molecule has 1 aromatic rings. The van der Waals surface area contributed by atoms with Crippen LogP contribution in [0.2, 0.25) is 0 Å². The van der Waals surface area contributed by atoms with E-state index in [1.165, 1.54) is 24.8 Å². The van der Waals surface area contributed by atoms with Crippen LogP contribution in [0.5, 0.6) is 0 Å². The third-order valence-corrected chi connectivity index (χ3v) is 5.73. The Kier molecular flexibility index (Phi) is 5.47. The predicted octanol–water partition coefficient (Wildman–Crippen LogP) is 4.86. The lowest BCUT2D eigenvalue weighted by Crippen LogP contribution is -2.42. The number of rotatable bonds is 5. The van der Waals surface area contributed by atoms with Crippen LogP contribution in [-0.2, 0) is 13.0 Å². The normalized spacial score (nSPS) is 27.9. The topological polar surface area (TPSA) is 12.0 Å². The van der Waals surface area contributed by atoms with E-state index < -0.39 is 0 Å². The van der Waals surface area contributed by atoms with Crippen molar-refractivity contribution in [3.8, 4) is 0 Å². The van der Waals surface area contributed by atoms with E-state index in [1.54, 1.807) is 4.88 Å². The fourth-order valence-electron chi connectivity index (χ4n) is 3.50. The van der Waals surface area contributed by atoms with Gasteiger partial charge in [0.2, 0.25) is 0 Å². The summed E-state index contributed by atoms with van der Waals surface area (Å²) >= 11 is 1.91. The molecule has 0 radical (unpaired) electrons. The summed E-state index contributed by atoms with van der Waals surface area (Å²) in [5.41, 5.74) is 1.53. The van der Waals surface area contributed by atoms with Crippen molar-refractivity contribution in [1.29, 1.82) is 0 Å². The van der Waals surface area contributed by atoms with Gasteiger partial charge in [-0.05, 0) is 54.0 Å². The van der Waals surface area contributed by atoms with Crippen molar-refractivity contribution in [2.24, 2.45) is 17.8 Å². The Morgan fingerprint density at radius 1 is 1.37 bits per heavy atom. The molecule has 2 rings (SSSR count). The van der Waals surface area contributed by atoms with E-state index >= 15 is 0 Å². The molecule has 1 N–H and O–H groups in total. The van der Waals surface area contributed by atoms with Crippen LogP contribution in [0.15, 0.2) is 11.4 Å². The Labute approximate surface area is 122 Å². The third-order valence-electron chi connectivity index (χ3n) is 4.77. The highest BCUT2D eigenvalue weighted by atomic mass is 32.1. The van der Waals surface area contributed by atoms with Gasteiger partial charge in [0.25, 0.3) is 0 Å². The third kappa shape index (κ3) is 3.82. The van der Waals surface area contributed by atoms with Crippen LogP contribution in [0.1, 0.15) is 57.4 Å². The molecular weight excluding hydrogens is 250 g/mol. The standard InChI is InChI=1S/C17H29NS/c1-5-14-8-9-19-17(14)11-18-16-10-13(4)6-7-15(16)12(2)3/h8-9,12-13,15-16,18H,5-7,10-11H2,1-4H3. The molecule has 1 saturated carbocycles. The van der Waals surface area contributed by atoms with E-state index in [1.807, 2.05) is 11.3 Å². The van der Waals surface area contributed by atoms with E-state index in [9.17, 15) is 0 Å². The molecule has 0 spiro atoms. The Balaban J connectivity index is 1.95. The maximum Gasteiger partial charge on any atom is 0.0305 e. The van der Waals surface area contributed by atoms with Gasteiger partial charge in [-0.3, -0.25) is 0 Å². The van der Waals surface area contributed by atoms with Gasteiger partial charge in [0.15, 0.2) is 0 Å². The second kappa shape index (κ2) is 6.90. The summed E-state index contributed by atoms with van der Waals surface area (Å²) in [5, 5.41) is 6.11. The summed E-state index contributed by atoms with van der Waals surface area (Å²) in [7, 11) is 0. The van der Waals surface area contributed by atoms with Crippen LogP contribution in [-0.4, -0.2) is 6.04 Å². The SMILES string of the molecule is CCc1ccsc1CNC1CC(C)CCC1C(C)C. The largest absolute Gasteiger partial charge is 0.309 e. The molecule has 108 valence electrons. The average Bonchev–Trinajstić information content (AvgIpc) is 2.83. The van der Waals surface area contributed by atoms with Gasteiger partial charge in [-0.15, -0.1) is 11.3 Å². The fourth-order valence-corrected chi connectivity index (χ4v) is 4.42. The molecule has 1 aromatic heterocycles. The molecule has 1 nitrogen and oxygen atoms in total. The average molecular weight is 279 g/mol. The molecule has 2 heteroatoms.